The number of carbonyl (C=O) groups excluding carboxylic acids is 2. The first-order chi connectivity index (χ1) is 15.6. The number of H-pyrrole nitrogens is 1. The van der Waals surface area contributed by atoms with Crippen molar-refractivity contribution in [1.82, 2.24) is 19.8 Å². The molecule has 6 nitrogen and oxygen atoms in total. The van der Waals surface area contributed by atoms with Crippen molar-refractivity contribution in [3.63, 3.8) is 0 Å². The Morgan fingerprint density at radius 3 is 2.62 bits per heavy atom. The van der Waals surface area contributed by atoms with Crippen LogP contribution in [0.5, 0.6) is 0 Å². The first-order valence-corrected chi connectivity index (χ1v) is 11.3. The minimum absolute atomic E-state index is 0.106. The molecule has 2 aromatic carbocycles. The van der Waals surface area contributed by atoms with E-state index in [1.54, 1.807) is 11.1 Å². The van der Waals surface area contributed by atoms with Gasteiger partial charge in [-0.2, -0.15) is 0 Å². The van der Waals surface area contributed by atoms with Crippen LogP contribution in [0, 0.1) is 12.8 Å². The van der Waals surface area contributed by atoms with Gasteiger partial charge in [0, 0.05) is 26.2 Å². The number of hydrogen-bond donors (Lipinski definition) is 1. The van der Waals surface area contributed by atoms with Crippen LogP contribution in [-0.4, -0.2) is 57.8 Å². The SMILES string of the molecule is CCCN1CCN(C(=O)c2cnc[nH]2)CC(Cc2ccccc2-c2ccc(C)cc2)C1=O. The zero-order valence-electron chi connectivity index (χ0n) is 18.8. The number of hydrogen-bond acceptors (Lipinski definition) is 3. The summed E-state index contributed by atoms with van der Waals surface area (Å²) in [6.45, 7) is 6.35. The van der Waals surface area contributed by atoms with E-state index in [4.69, 9.17) is 0 Å². The molecule has 3 aromatic rings. The molecule has 0 bridgehead atoms. The Labute approximate surface area is 189 Å². The minimum Gasteiger partial charge on any atom is -0.341 e. The number of aromatic amines is 1. The summed E-state index contributed by atoms with van der Waals surface area (Å²) in [5.41, 5.74) is 5.08. The number of aryl methyl sites for hydroxylation is 1. The number of nitrogens with zero attached hydrogens (tertiary/aromatic N) is 3. The molecule has 32 heavy (non-hydrogen) atoms. The number of nitrogens with one attached hydrogen (secondary N) is 1. The van der Waals surface area contributed by atoms with E-state index in [-0.39, 0.29) is 17.7 Å². The predicted octanol–water partition coefficient (Wildman–Crippen LogP) is 3.94. The maximum atomic E-state index is 13.5. The van der Waals surface area contributed by atoms with Crippen LogP contribution in [0.4, 0.5) is 0 Å². The molecule has 2 heterocycles. The maximum Gasteiger partial charge on any atom is 0.271 e. The van der Waals surface area contributed by atoms with Gasteiger partial charge in [-0.3, -0.25) is 9.59 Å². The highest BCUT2D eigenvalue weighted by Gasteiger charge is 2.33. The quantitative estimate of drug-likeness (QED) is 0.644. The molecule has 1 unspecified atom stereocenters. The van der Waals surface area contributed by atoms with Crippen molar-refractivity contribution >= 4 is 11.8 Å². The highest BCUT2D eigenvalue weighted by Crippen LogP contribution is 2.28. The second kappa shape index (κ2) is 9.81. The zero-order chi connectivity index (χ0) is 22.5. The molecule has 166 valence electrons. The molecule has 0 spiro atoms. The fourth-order valence-corrected chi connectivity index (χ4v) is 4.40. The molecule has 4 rings (SSSR count). The minimum atomic E-state index is -0.289. The molecule has 1 N–H and O–H groups in total. The Kier molecular flexibility index (Phi) is 6.69. The second-order valence-electron chi connectivity index (χ2n) is 8.47. The lowest BCUT2D eigenvalue weighted by Gasteiger charge is -2.24. The molecular formula is C26H30N4O2. The van der Waals surface area contributed by atoms with E-state index in [1.165, 1.54) is 11.9 Å². The molecule has 2 amide bonds. The molecule has 1 atom stereocenters. The Bertz CT molecular complexity index is 1060. The largest absolute Gasteiger partial charge is 0.341 e. The van der Waals surface area contributed by atoms with Crippen LogP contribution in [0.25, 0.3) is 11.1 Å². The third-order valence-electron chi connectivity index (χ3n) is 6.10. The fourth-order valence-electron chi connectivity index (χ4n) is 4.40. The van der Waals surface area contributed by atoms with E-state index in [0.717, 1.165) is 23.1 Å². The monoisotopic (exact) mass is 430 g/mol. The van der Waals surface area contributed by atoms with Gasteiger partial charge in [0.1, 0.15) is 5.69 Å². The molecule has 1 saturated heterocycles. The van der Waals surface area contributed by atoms with Crippen molar-refractivity contribution in [2.45, 2.75) is 26.7 Å². The second-order valence-corrected chi connectivity index (χ2v) is 8.47. The number of aromatic nitrogens is 2. The Morgan fingerprint density at radius 2 is 1.91 bits per heavy atom. The van der Waals surface area contributed by atoms with Crippen molar-refractivity contribution in [1.29, 1.82) is 0 Å². The van der Waals surface area contributed by atoms with Crippen molar-refractivity contribution in [3.05, 3.63) is 77.9 Å². The van der Waals surface area contributed by atoms with E-state index in [0.29, 0.717) is 38.3 Å². The lowest BCUT2D eigenvalue weighted by atomic mass is 9.91. The molecule has 1 fully saturated rings. The third-order valence-corrected chi connectivity index (χ3v) is 6.10. The van der Waals surface area contributed by atoms with Gasteiger partial charge in [-0.25, -0.2) is 4.98 Å². The van der Waals surface area contributed by atoms with Crippen LogP contribution in [0.1, 0.15) is 35.0 Å². The normalized spacial score (nSPS) is 16.8. The lowest BCUT2D eigenvalue weighted by Crippen LogP contribution is -2.38. The zero-order valence-corrected chi connectivity index (χ0v) is 18.8. The average molecular weight is 431 g/mol. The first-order valence-electron chi connectivity index (χ1n) is 11.3. The van der Waals surface area contributed by atoms with Gasteiger partial charge < -0.3 is 14.8 Å². The summed E-state index contributed by atoms with van der Waals surface area (Å²) in [5.74, 6) is -0.265. The summed E-state index contributed by atoms with van der Waals surface area (Å²) < 4.78 is 0. The molecule has 1 aromatic heterocycles. The Morgan fingerprint density at radius 1 is 1.12 bits per heavy atom. The van der Waals surface area contributed by atoms with E-state index in [9.17, 15) is 9.59 Å². The van der Waals surface area contributed by atoms with Crippen LogP contribution in [0.3, 0.4) is 0 Å². The summed E-state index contributed by atoms with van der Waals surface area (Å²) >= 11 is 0. The van der Waals surface area contributed by atoms with Gasteiger partial charge >= 0.3 is 0 Å². The van der Waals surface area contributed by atoms with Crippen LogP contribution in [0.2, 0.25) is 0 Å². The number of rotatable bonds is 6. The van der Waals surface area contributed by atoms with Gasteiger partial charge in [-0.15, -0.1) is 0 Å². The number of amides is 2. The van der Waals surface area contributed by atoms with Gasteiger partial charge in [-0.1, -0.05) is 61.0 Å². The Balaban J connectivity index is 1.63. The van der Waals surface area contributed by atoms with Crippen LogP contribution in [-0.2, 0) is 11.2 Å². The Hall–Kier alpha value is -3.41. The van der Waals surface area contributed by atoms with Crippen LogP contribution < -0.4 is 0 Å². The molecule has 0 saturated carbocycles. The first kappa shape index (κ1) is 21.8. The lowest BCUT2D eigenvalue weighted by molar-refractivity contribution is -0.134. The topological polar surface area (TPSA) is 69.3 Å². The number of benzene rings is 2. The molecule has 1 aliphatic heterocycles. The number of carbonyl (C=O) groups is 2. The van der Waals surface area contributed by atoms with E-state index < -0.39 is 0 Å². The summed E-state index contributed by atoms with van der Waals surface area (Å²) in [4.78, 5) is 37.1. The standard InChI is InChI=1S/C26H30N4O2/c1-3-12-29-13-14-30(26(32)24-16-27-18-28-24)17-22(25(29)31)15-21-6-4-5-7-23(21)20-10-8-19(2)9-11-20/h4-11,16,18,22H,3,12-15,17H2,1-2H3,(H,27,28). The fraction of sp³-hybridized carbons (Fsp3) is 0.346. The van der Waals surface area contributed by atoms with Gasteiger partial charge in [0.25, 0.3) is 5.91 Å². The van der Waals surface area contributed by atoms with Gasteiger partial charge in [0.15, 0.2) is 0 Å². The maximum absolute atomic E-state index is 13.5. The number of imidazole rings is 1. The molecule has 0 aliphatic carbocycles. The predicted molar refractivity (Wildman–Crippen MR) is 125 cm³/mol. The van der Waals surface area contributed by atoms with Gasteiger partial charge in [-0.05, 0) is 36.5 Å². The van der Waals surface area contributed by atoms with E-state index >= 15 is 0 Å². The van der Waals surface area contributed by atoms with E-state index in [2.05, 4.69) is 60.2 Å². The molecule has 6 heteroatoms. The van der Waals surface area contributed by atoms with E-state index in [1.807, 2.05) is 17.0 Å². The summed E-state index contributed by atoms with van der Waals surface area (Å²) in [7, 11) is 0. The van der Waals surface area contributed by atoms with Crippen molar-refractivity contribution in [2.24, 2.45) is 5.92 Å². The highest BCUT2D eigenvalue weighted by atomic mass is 16.2. The average Bonchev–Trinajstić information content (AvgIpc) is 3.30. The van der Waals surface area contributed by atoms with Crippen LogP contribution >= 0.6 is 0 Å². The van der Waals surface area contributed by atoms with Crippen molar-refractivity contribution in [3.8, 4) is 11.1 Å². The highest BCUT2D eigenvalue weighted by molar-refractivity contribution is 5.93. The summed E-state index contributed by atoms with van der Waals surface area (Å²) in [6.07, 6.45) is 4.54. The summed E-state index contributed by atoms with van der Waals surface area (Å²) in [5, 5.41) is 0. The molecule has 0 radical (unpaired) electrons. The van der Waals surface area contributed by atoms with Gasteiger partial charge in [0.05, 0.1) is 18.4 Å². The van der Waals surface area contributed by atoms with Crippen molar-refractivity contribution < 1.29 is 9.59 Å². The smallest absolute Gasteiger partial charge is 0.271 e. The third kappa shape index (κ3) is 4.74. The van der Waals surface area contributed by atoms with Crippen molar-refractivity contribution in [2.75, 3.05) is 26.2 Å². The van der Waals surface area contributed by atoms with Gasteiger partial charge in [0.2, 0.25) is 5.91 Å². The van der Waals surface area contributed by atoms with Crippen LogP contribution in [0.15, 0.2) is 61.1 Å². The molecular weight excluding hydrogens is 400 g/mol. The summed E-state index contributed by atoms with van der Waals surface area (Å²) in [6, 6.07) is 16.7. The molecule has 1 aliphatic rings.